The summed E-state index contributed by atoms with van der Waals surface area (Å²) in [5, 5.41) is 27.0. The van der Waals surface area contributed by atoms with Crippen molar-refractivity contribution >= 4 is 22.5 Å². The number of anilines is 1. The lowest BCUT2D eigenvalue weighted by Gasteiger charge is -2.14. The van der Waals surface area contributed by atoms with Gasteiger partial charge in [0, 0.05) is 17.3 Å². The molecule has 1 aliphatic carbocycles. The van der Waals surface area contributed by atoms with Gasteiger partial charge in [0.25, 0.3) is 0 Å². The summed E-state index contributed by atoms with van der Waals surface area (Å²) in [4.78, 5) is 16.4. The predicted octanol–water partition coefficient (Wildman–Crippen LogP) is 3.18. The van der Waals surface area contributed by atoms with Crippen LogP contribution in [0.15, 0.2) is 23.6 Å². The number of carbonyl (C=O) groups excluding carboxylic acids is 1. The van der Waals surface area contributed by atoms with Gasteiger partial charge in [-0.3, -0.25) is 5.32 Å². The van der Waals surface area contributed by atoms with Gasteiger partial charge in [0.15, 0.2) is 16.6 Å². The fraction of sp³-hybridized carbons (Fsp3) is 0.375. The molecule has 1 heterocycles. The van der Waals surface area contributed by atoms with Gasteiger partial charge in [0.1, 0.15) is 0 Å². The third-order valence-corrected chi connectivity index (χ3v) is 4.47. The number of hydrogen-bond acceptors (Lipinski definition) is 5. The van der Waals surface area contributed by atoms with Gasteiger partial charge in [-0.05, 0) is 43.9 Å². The third kappa shape index (κ3) is 4.13. The van der Waals surface area contributed by atoms with Crippen LogP contribution in [0.2, 0.25) is 0 Å². The summed E-state index contributed by atoms with van der Waals surface area (Å²) >= 11 is 1.44. The first-order chi connectivity index (χ1) is 11.0. The van der Waals surface area contributed by atoms with Gasteiger partial charge >= 0.3 is 6.03 Å². The fourth-order valence-electron chi connectivity index (χ4n) is 2.37. The van der Waals surface area contributed by atoms with Gasteiger partial charge in [-0.1, -0.05) is 6.07 Å². The van der Waals surface area contributed by atoms with E-state index in [-0.39, 0.29) is 23.6 Å². The Kier molecular flexibility index (Phi) is 4.38. The molecule has 0 radical (unpaired) electrons. The lowest BCUT2D eigenvalue weighted by Crippen LogP contribution is -2.37. The summed E-state index contributed by atoms with van der Waals surface area (Å²) in [5.41, 5.74) is 1.90. The van der Waals surface area contributed by atoms with Crippen molar-refractivity contribution in [2.45, 2.75) is 38.1 Å². The van der Waals surface area contributed by atoms with Crippen molar-refractivity contribution in [3.8, 4) is 11.5 Å². The number of phenols is 2. The second-order valence-electron chi connectivity index (χ2n) is 5.88. The molecular weight excluding hydrogens is 314 g/mol. The molecule has 1 aliphatic rings. The minimum absolute atomic E-state index is 0.123. The normalized spacial score (nSPS) is 15.2. The molecular formula is C16H19N3O3S. The van der Waals surface area contributed by atoms with E-state index in [0.29, 0.717) is 17.5 Å². The van der Waals surface area contributed by atoms with Crippen molar-refractivity contribution in [3.63, 3.8) is 0 Å². The first kappa shape index (κ1) is 15.6. The molecule has 1 aromatic heterocycles. The van der Waals surface area contributed by atoms with E-state index >= 15 is 0 Å². The number of rotatable bonds is 5. The molecule has 0 bridgehead atoms. The van der Waals surface area contributed by atoms with E-state index in [2.05, 4.69) is 15.6 Å². The number of nitrogens with one attached hydrogen (secondary N) is 2. The fourth-order valence-corrected chi connectivity index (χ4v) is 3.16. The van der Waals surface area contributed by atoms with Gasteiger partial charge < -0.3 is 15.5 Å². The summed E-state index contributed by atoms with van der Waals surface area (Å²) in [6.45, 7) is 1.88. The Bertz CT molecular complexity index is 712. The van der Waals surface area contributed by atoms with Gasteiger partial charge in [0.2, 0.25) is 0 Å². The van der Waals surface area contributed by atoms with Gasteiger partial charge in [-0.2, -0.15) is 0 Å². The smallest absolute Gasteiger partial charge is 0.321 e. The van der Waals surface area contributed by atoms with Crippen LogP contribution in [0.1, 0.15) is 36.9 Å². The molecule has 0 unspecified atom stereocenters. The summed E-state index contributed by atoms with van der Waals surface area (Å²) in [6, 6.07) is 4.23. The molecule has 2 aromatic rings. The zero-order chi connectivity index (χ0) is 16.4. The number of aromatic nitrogens is 1. The van der Waals surface area contributed by atoms with Crippen molar-refractivity contribution in [3.05, 3.63) is 34.8 Å². The molecule has 4 N–H and O–H groups in total. The predicted molar refractivity (Wildman–Crippen MR) is 89.2 cm³/mol. The third-order valence-electron chi connectivity index (χ3n) is 3.70. The van der Waals surface area contributed by atoms with Gasteiger partial charge in [-0.15, -0.1) is 11.3 Å². The topological polar surface area (TPSA) is 94.5 Å². The average molecular weight is 333 g/mol. The van der Waals surface area contributed by atoms with Crippen molar-refractivity contribution in [1.82, 2.24) is 10.3 Å². The zero-order valence-corrected chi connectivity index (χ0v) is 13.6. The number of aromatic hydroxyl groups is 2. The maximum Gasteiger partial charge on any atom is 0.321 e. The molecule has 6 nitrogen and oxygen atoms in total. The maximum atomic E-state index is 12.0. The Morgan fingerprint density at radius 2 is 2.17 bits per heavy atom. The number of nitrogens with zero attached hydrogens (tertiary/aromatic N) is 1. The van der Waals surface area contributed by atoms with E-state index in [4.69, 9.17) is 0 Å². The lowest BCUT2D eigenvalue weighted by atomic mass is 10.1. The van der Waals surface area contributed by atoms with Crippen LogP contribution >= 0.6 is 11.3 Å². The minimum atomic E-state index is -0.294. The van der Waals surface area contributed by atoms with E-state index in [0.717, 1.165) is 11.3 Å². The van der Waals surface area contributed by atoms with Crippen LogP contribution in [0.25, 0.3) is 0 Å². The zero-order valence-electron chi connectivity index (χ0n) is 12.7. The number of amides is 2. The first-order valence-corrected chi connectivity index (χ1v) is 8.43. The van der Waals surface area contributed by atoms with E-state index < -0.39 is 0 Å². The summed E-state index contributed by atoms with van der Waals surface area (Å²) in [6.07, 6.45) is 2.92. The standard InChI is InChI=1S/C16H19N3O3S/c1-9(6-10-2-5-13(20)14(21)7-10)17-15(22)19-16-18-12(8-23-16)11-3-4-11/h2,5,7-9,11,20-21H,3-4,6H2,1H3,(H2,17,18,19,22)/t9-/m0/s1. The van der Waals surface area contributed by atoms with Crippen LogP contribution < -0.4 is 10.6 Å². The molecule has 0 aliphatic heterocycles. The largest absolute Gasteiger partial charge is 0.504 e. The lowest BCUT2D eigenvalue weighted by molar-refractivity contribution is 0.249. The average Bonchev–Trinajstić information content (AvgIpc) is 3.23. The summed E-state index contributed by atoms with van der Waals surface area (Å²) < 4.78 is 0. The van der Waals surface area contributed by atoms with E-state index in [1.807, 2.05) is 12.3 Å². The molecule has 1 saturated carbocycles. The quantitative estimate of drug-likeness (QED) is 0.632. The van der Waals surface area contributed by atoms with E-state index in [1.165, 1.54) is 36.3 Å². The first-order valence-electron chi connectivity index (χ1n) is 7.55. The Hall–Kier alpha value is -2.28. The highest BCUT2D eigenvalue weighted by atomic mass is 32.1. The Labute approximate surface area is 138 Å². The SMILES string of the molecule is C[C@@H](Cc1ccc(O)c(O)c1)NC(=O)Nc1nc(C2CC2)cs1. The van der Waals surface area contributed by atoms with E-state index in [9.17, 15) is 15.0 Å². The highest BCUT2D eigenvalue weighted by molar-refractivity contribution is 7.13. The number of urea groups is 1. The molecule has 1 aromatic carbocycles. The van der Waals surface area contributed by atoms with Crippen LogP contribution in [0.4, 0.5) is 9.93 Å². The second kappa shape index (κ2) is 6.45. The molecule has 122 valence electrons. The van der Waals surface area contributed by atoms with E-state index in [1.54, 1.807) is 6.07 Å². The Balaban J connectivity index is 1.50. The highest BCUT2D eigenvalue weighted by Gasteiger charge is 2.26. The number of phenolic OH excluding ortho intramolecular Hbond substituents is 2. The van der Waals surface area contributed by atoms with Crippen molar-refractivity contribution in [1.29, 1.82) is 0 Å². The van der Waals surface area contributed by atoms with Crippen LogP contribution in [-0.4, -0.2) is 27.3 Å². The number of benzene rings is 1. The number of thiazole rings is 1. The highest BCUT2D eigenvalue weighted by Crippen LogP contribution is 2.40. The number of hydrogen-bond donors (Lipinski definition) is 4. The molecule has 23 heavy (non-hydrogen) atoms. The molecule has 3 rings (SSSR count). The van der Waals surface area contributed by atoms with Crippen LogP contribution in [0.5, 0.6) is 11.5 Å². The molecule has 0 saturated heterocycles. The van der Waals surface area contributed by atoms with Gasteiger partial charge in [0.05, 0.1) is 5.69 Å². The van der Waals surface area contributed by atoms with Crippen LogP contribution in [0.3, 0.4) is 0 Å². The number of carbonyl (C=O) groups is 1. The molecule has 1 atom stereocenters. The second-order valence-corrected chi connectivity index (χ2v) is 6.74. The molecule has 7 heteroatoms. The van der Waals surface area contributed by atoms with Crippen LogP contribution in [-0.2, 0) is 6.42 Å². The maximum absolute atomic E-state index is 12.0. The minimum Gasteiger partial charge on any atom is -0.504 e. The summed E-state index contributed by atoms with van der Waals surface area (Å²) in [5.74, 6) is 0.267. The molecule has 2 amide bonds. The van der Waals surface area contributed by atoms with Crippen molar-refractivity contribution in [2.75, 3.05) is 5.32 Å². The monoisotopic (exact) mass is 333 g/mol. The van der Waals surface area contributed by atoms with Crippen molar-refractivity contribution < 1.29 is 15.0 Å². The van der Waals surface area contributed by atoms with Gasteiger partial charge in [-0.25, -0.2) is 9.78 Å². The van der Waals surface area contributed by atoms with Crippen molar-refractivity contribution in [2.24, 2.45) is 0 Å². The van der Waals surface area contributed by atoms with Crippen LogP contribution in [0, 0.1) is 0 Å². The summed E-state index contributed by atoms with van der Waals surface area (Å²) in [7, 11) is 0. The molecule has 0 spiro atoms. The Morgan fingerprint density at radius 3 is 2.87 bits per heavy atom. The molecule has 1 fully saturated rings. The Morgan fingerprint density at radius 1 is 1.39 bits per heavy atom.